The van der Waals surface area contributed by atoms with Gasteiger partial charge in [0.05, 0.1) is 13.7 Å². The van der Waals surface area contributed by atoms with Gasteiger partial charge in [-0.25, -0.2) is 0 Å². The second-order valence-electron chi connectivity index (χ2n) is 9.03. The average Bonchev–Trinajstić information content (AvgIpc) is 2.88. The van der Waals surface area contributed by atoms with Gasteiger partial charge >= 0.3 is 0 Å². The number of rotatable bonds is 12. The Bertz CT molecular complexity index is 751. The first-order valence-corrected chi connectivity index (χ1v) is 14.9. The van der Waals surface area contributed by atoms with Crippen LogP contribution in [0.15, 0.2) is 24.3 Å². The minimum atomic E-state index is -0.468. The van der Waals surface area contributed by atoms with Crippen molar-refractivity contribution in [2.45, 2.75) is 38.1 Å². The van der Waals surface area contributed by atoms with Gasteiger partial charge in [-0.05, 0) is 55.0 Å². The molecule has 2 fully saturated rings. The van der Waals surface area contributed by atoms with Crippen LogP contribution in [-0.2, 0) is 9.59 Å². The highest BCUT2D eigenvalue weighted by atomic mass is 32.2. The van der Waals surface area contributed by atoms with Gasteiger partial charge in [0.1, 0.15) is 11.8 Å². The van der Waals surface area contributed by atoms with Crippen molar-refractivity contribution in [1.82, 2.24) is 15.5 Å². The summed E-state index contributed by atoms with van der Waals surface area (Å²) in [6.07, 6.45) is 8.58. The van der Waals surface area contributed by atoms with E-state index < -0.39 is 6.04 Å². The molecule has 1 unspecified atom stereocenters. The monoisotopic (exact) mass is 508 g/mol. The summed E-state index contributed by atoms with van der Waals surface area (Å²) in [6.45, 7) is 3.13. The second kappa shape index (κ2) is 14.7. The highest BCUT2D eigenvalue weighted by Crippen LogP contribution is 2.27. The molecule has 1 aromatic rings. The smallest absolute Gasteiger partial charge is 0.246 e. The van der Waals surface area contributed by atoms with Gasteiger partial charge in [-0.3, -0.25) is 14.9 Å². The molecule has 1 saturated carbocycles. The van der Waals surface area contributed by atoms with Crippen LogP contribution in [0.25, 0.3) is 0 Å². The van der Waals surface area contributed by atoms with E-state index in [1.54, 1.807) is 18.9 Å². The standard InChI is InChI=1S/C25H40N4O3S2/c1-32-22-10-8-21(9-11-22)28-12-14-29(15-13-28)25(31)23(27-24(30)16-26-19-33-2)18-34-17-20-6-4-3-5-7-20/h8-11,20,23,26H,3-7,12-19H2,1-2H3,(H,27,30). The molecule has 34 heavy (non-hydrogen) atoms. The number of hydrogen-bond donors (Lipinski definition) is 2. The Labute approximate surface area is 213 Å². The summed E-state index contributed by atoms with van der Waals surface area (Å²) in [7, 11) is 1.67. The van der Waals surface area contributed by atoms with Gasteiger partial charge < -0.3 is 19.9 Å². The Morgan fingerprint density at radius 1 is 1.09 bits per heavy atom. The fourth-order valence-electron chi connectivity index (χ4n) is 4.59. The number of benzene rings is 1. The third kappa shape index (κ3) is 8.57. The number of thioether (sulfide) groups is 2. The lowest BCUT2D eigenvalue weighted by molar-refractivity contribution is -0.135. The van der Waals surface area contributed by atoms with E-state index in [1.807, 2.05) is 35.1 Å². The van der Waals surface area contributed by atoms with Crippen molar-refractivity contribution < 1.29 is 14.3 Å². The van der Waals surface area contributed by atoms with Crippen LogP contribution >= 0.6 is 23.5 Å². The molecule has 0 aromatic heterocycles. The van der Waals surface area contributed by atoms with E-state index in [4.69, 9.17) is 4.74 Å². The van der Waals surface area contributed by atoms with Crippen LogP contribution in [0.3, 0.4) is 0 Å². The summed E-state index contributed by atoms with van der Waals surface area (Å²) in [5.41, 5.74) is 1.14. The SMILES string of the molecule is COc1ccc(N2CCN(C(=O)C(CSCC3CCCCC3)NC(=O)CNCSC)CC2)cc1. The molecular weight excluding hydrogens is 468 g/mol. The molecule has 0 bridgehead atoms. The van der Waals surface area contributed by atoms with E-state index in [1.165, 1.54) is 32.1 Å². The topological polar surface area (TPSA) is 73.9 Å². The molecule has 3 rings (SSSR count). The number of ether oxygens (including phenoxy) is 1. The highest BCUT2D eigenvalue weighted by molar-refractivity contribution is 7.99. The van der Waals surface area contributed by atoms with Crippen LogP contribution < -0.4 is 20.3 Å². The number of methoxy groups -OCH3 is 1. The number of carbonyl (C=O) groups is 2. The maximum Gasteiger partial charge on any atom is 0.246 e. The van der Waals surface area contributed by atoms with Gasteiger partial charge in [-0.1, -0.05) is 19.3 Å². The van der Waals surface area contributed by atoms with Crippen LogP contribution in [0, 0.1) is 5.92 Å². The van der Waals surface area contributed by atoms with Crippen molar-refractivity contribution in [3.8, 4) is 5.75 Å². The Hall–Kier alpha value is -1.58. The molecular formula is C25H40N4O3S2. The molecule has 1 saturated heterocycles. The molecule has 9 heteroatoms. The minimum absolute atomic E-state index is 0.0451. The Morgan fingerprint density at radius 2 is 1.79 bits per heavy atom. The lowest BCUT2D eigenvalue weighted by atomic mass is 9.91. The highest BCUT2D eigenvalue weighted by Gasteiger charge is 2.29. The minimum Gasteiger partial charge on any atom is -0.497 e. The molecule has 1 aliphatic carbocycles. The number of nitrogens with zero attached hydrogens (tertiary/aromatic N) is 2. The third-order valence-electron chi connectivity index (χ3n) is 6.56. The molecule has 1 aromatic carbocycles. The Morgan fingerprint density at radius 3 is 2.44 bits per heavy atom. The molecule has 0 spiro atoms. The van der Waals surface area contributed by atoms with Crippen molar-refractivity contribution >= 4 is 41.0 Å². The largest absolute Gasteiger partial charge is 0.497 e. The number of hydrogen-bond acceptors (Lipinski definition) is 7. The van der Waals surface area contributed by atoms with E-state index in [2.05, 4.69) is 27.7 Å². The fourth-order valence-corrected chi connectivity index (χ4v) is 6.16. The zero-order chi connectivity index (χ0) is 24.2. The molecule has 1 atom stereocenters. The molecule has 2 amide bonds. The Kier molecular flexibility index (Phi) is 11.7. The Balaban J connectivity index is 1.52. The molecule has 0 radical (unpaired) electrons. The fraction of sp³-hybridized carbons (Fsp3) is 0.680. The van der Waals surface area contributed by atoms with Crippen molar-refractivity contribution in [3.63, 3.8) is 0 Å². The van der Waals surface area contributed by atoms with Gasteiger partial charge in [0.2, 0.25) is 11.8 Å². The second-order valence-corrected chi connectivity index (χ2v) is 11.0. The lowest BCUT2D eigenvalue weighted by Gasteiger charge is -2.37. The van der Waals surface area contributed by atoms with Crippen molar-refractivity contribution in [3.05, 3.63) is 24.3 Å². The third-order valence-corrected chi connectivity index (χ3v) is 8.33. The van der Waals surface area contributed by atoms with E-state index in [0.29, 0.717) is 18.8 Å². The normalized spacial score (nSPS) is 17.9. The zero-order valence-corrected chi connectivity index (χ0v) is 22.2. The molecule has 2 N–H and O–H groups in total. The molecule has 7 nitrogen and oxygen atoms in total. The lowest BCUT2D eigenvalue weighted by Crippen LogP contribution is -2.56. The molecule has 1 heterocycles. The number of piperazine rings is 1. The zero-order valence-electron chi connectivity index (χ0n) is 20.6. The molecule has 2 aliphatic rings. The van der Waals surface area contributed by atoms with E-state index in [9.17, 15) is 9.59 Å². The maximum atomic E-state index is 13.4. The summed E-state index contributed by atoms with van der Waals surface area (Å²) in [6, 6.07) is 7.58. The average molecular weight is 509 g/mol. The van der Waals surface area contributed by atoms with Crippen LogP contribution in [0.2, 0.25) is 0 Å². The van der Waals surface area contributed by atoms with Crippen molar-refractivity contribution in [1.29, 1.82) is 0 Å². The van der Waals surface area contributed by atoms with E-state index in [-0.39, 0.29) is 18.4 Å². The van der Waals surface area contributed by atoms with E-state index >= 15 is 0 Å². The summed E-state index contributed by atoms with van der Waals surface area (Å²) in [4.78, 5) is 30.1. The van der Waals surface area contributed by atoms with Crippen LogP contribution in [0.4, 0.5) is 5.69 Å². The number of nitrogens with one attached hydrogen (secondary N) is 2. The summed E-state index contributed by atoms with van der Waals surface area (Å²) in [5, 5.41) is 6.12. The predicted octanol–water partition coefficient (Wildman–Crippen LogP) is 3.05. The summed E-state index contributed by atoms with van der Waals surface area (Å²) >= 11 is 3.46. The van der Waals surface area contributed by atoms with Gasteiger partial charge in [-0.2, -0.15) is 11.8 Å². The number of anilines is 1. The van der Waals surface area contributed by atoms with Gasteiger partial charge in [0.25, 0.3) is 0 Å². The summed E-state index contributed by atoms with van der Waals surface area (Å²) in [5.74, 6) is 3.97. The van der Waals surface area contributed by atoms with Crippen LogP contribution in [0.5, 0.6) is 5.75 Å². The van der Waals surface area contributed by atoms with Crippen molar-refractivity contribution in [2.24, 2.45) is 5.92 Å². The first kappa shape index (κ1) is 27.0. The van der Waals surface area contributed by atoms with Gasteiger partial charge in [-0.15, -0.1) is 11.8 Å². The first-order valence-electron chi connectivity index (χ1n) is 12.3. The van der Waals surface area contributed by atoms with Gasteiger partial charge in [0, 0.05) is 43.5 Å². The number of amides is 2. The molecule has 190 valence electrons. The maximum absolute atomic E-state index is 13.4. The first-order chi connectivity index (χ1) is 16.6. The van der Waals surface area contributed by atoms with Crippen LogP contribution in [-0.4, -0.2) is 86.2 Å². The van der Waals surface area contributed by atoms with Crippen LogP contribution in [0.1, 0.15) is 32.1 Å². The molecule has 1 aliphatic heterocycles. The van der Waals surface area contributed by atoms with Crippen molar-refractivity contribution in [2.75, 3.05) is 68.4 Å². The van der Waals surface area contributed by atoms with Gasteiger partial charge in [0.15, 0.2) is 0 Å². The predicted molar refractivity (Wildman–Crippen MR) is 144 cm³/mol. The quantitative estimate of drug-likeness (QED) is 0.332. The summed E-state index contributed by atoms with van der Waals surface area (Å²) < 4.78 is 5.25. The number of carbonyl (C=O) groups excluding carboxylic acids is 2. The van der Waals surface area contributed by atoms with E-state index in [0.717, 1.165) is 42.1 Å².